The van der Waals surface area contributed by atoms with Crippen LogP contribution in [-0.2, 0) is 18.9 Å². The summed E-state index contributed by atoms with van der Waals surface area (Å²) >= 11 is 0. The highest BCUT2D eigenvalue weighted by molar-refractivity contribution is 5.17. The van der Waals surface area contributed by atoms with Crippen LogP contribution in [0.5, 0.6) is 0 Å². The molecule has 2 bridgehead atoms. The lowest BCUT2D eigenvalue weighted by Crippen LogP contribution is -2.54. The van der Waals surface area contributed by atoms with Crippen molar-refractivity contribution < 1.29 is 18.9 Å². The zero-order valence-electron chi connectivity index (χ0n) is 16.5. The molecule has 0 amide bonds. The van der Waals surface area contributed by atoms with Crippen LogP contribution >= 0.6 is 0 Å². The van der Waals surface area contributed by atoms with Crippen molar-refractivity contribution in [1.82, 2.24) is 0 Å². The highest BCUT2D eigenvalue weighted by atomic mass is 16.7. The van der Waals surface area contributed by atoms with Crippen LogP contribution in [0.25, 0.3) is 0 Å². The maximum Gasteiger partial charge on any atom is 0.179 e. The van der Waals surface area contributed by atoms with E-state index in [1.54, 1.807) is 14.2 Å². The SMILES string of the molecule is C/C=C/CCCCC[C@@H]1[C@H]2CCO[C@@]3(OCC)C[C@@H]1C(OC)(OC)[C@@H]23. The first-order valence-corrected chi connectivity index (χ1v) is 10.2. The standard InChI is InChI=1S/C21H36O4/c1-5-7-8-9-10-11-12-16-17-13-14-25-20(24-6-2)15-18(16)21(22-3,23-4)19(17)20/h5,7,16-19H,6,8-15H2,1-4H3/b7-5+/t16-,17-,18+,19+,20+/m1/s1. The topological polar surface area (TPSA) is 36.9 Å². The Balaban J connectivity index is 1.71. The number of rotatable bonds is 10. The number of hydrogen-bond donors (Lipinski definition) is 0. The van der Waals surface area contributed by atoms with Crippen molar-refractivity contribution in [2.45, 2.75) is 70.4 Å². The third-order valence-electron chi connectivity index (χ3n) is 6.89. The van der Waals surface area contributed by atoms with Gasteiger partial charge in [-0.15, -0.1) is 0 Å². The number of unbranched alkanes of at least 4 members (excludes halogenated alkanes) is 3. The lowest BCUT2D eigenvalue weighted by Gasteiger charge is -2.48. The van der Waals surface area contributed by atoms with Crippen LogP contribution in [0.1, 0.15) is 58.8 Å². The summed E-state index contributed by atoms with van der Waals surface area (Å²) < 4.78 is 24.5. The number of ether oxygens (including phenoxy) is 4. The Morgan fingerprint density at radius 3 is 2.64 bits per heavy atom. The zero-order chi connectivity index (χ0) is 17.9. The largest absolute Gasteiger partial charge is 0.352 e. The van der Waals surface area contributed by atoms with E-state index < -0.39 is 11.6 Å². The second-order valence-electron chi connectivity index (χ2n) is 7.83. The Labute approximate surface area is 153 Å². The molecule has 0 N–H and O–H groups in total. The molecule has 2 aliphatic carbocycles. The molecule has 0 aromatic carbocycles. The summed E-state index contributed by atoms with van der Waals surface area (Å²) in [5.74, 6) is 0.812. The van der Waals surface area contributed by atoms with Crippen LogP contribution in [0.4, 0.5) is 0 Å². The molecule has 1 aliphatic heterocycles. The molecule has 1 heterocycles. The smallest absolute Gasteiger partial charge is 0.179 e. The van der Waals surface area contributed by atoms with Gasteiger partial charge in [-0.3, -0.25) is 0 Å². The van der Waals surface area contributed by atoms with E-state index in [4.69, 9.17) is 18.9 Å². The van der Waals surface area contributed by atoms with Gasteiger partial charge in [0.2, 0.25) is 0 Å². The fraction of sp³-hybridized carbons (Fsp3) is 0.905. The van der Waals surface area contributed by atoms with Crippen molar-refractivity contribution in [3.05, 3.63) is 12.2 Å². The molecule has 3 fully saturated rings. The van der Waals surface area contributed by atoms with Crippen LogP contribution in [0.15, 0.2) is 12.2 Å². The van der Waals surface area contributed by atoms with Gasteiger partial charge in [0.25, 0.3) is 0 Å². The highest BCUT2D eigenvalue weighted by Crippen LogP contribution is 2.68. The van der Waals surface area contributed by atoms with E-state index in [9.17, 15) is 0 Å². The molecule has 0 aromatic heterocycles. The number of methoxy groups -OCH3 is 2. The van der Waals surface area contributed by atoms with Crippen molar-refractivity contribution in [3.63, 3.8) is 0 Å². The Hall–Kier alpha value is -0.420. The average molecular weight is 353 g/mol. The Bertz CT molecular complexity index is 455. The normalized spacial score (nSPS) is 38.7. The van der Waals surface area contributed by atoms with Crippen LogP contribution in [0.2, 0.25) is 0 Å². The Morgan fingerprint density at radius 2 is 1.96 bits per heavy atom. The van der Waals surface area contributed by atoms with Gasteiger partial charge in [0.05, 0.1) is 12.5 Å². The molecule has 4 nitrogen and oxygen atoms in total. The van der Waals surface area contributed by atoms with E-state index in [2.05, 4.69) is 26.0 Å². The van der Waals surface area contributed by atoms with Crippen molar-refractivity contribution in [2.75, 3.05) is 27.4 Å². The van der Waals surface area contributed by atoms with Crippen molar-refractivity contribution in [3.8, 4) is 0 Å². The summed E-state index contributed by atoms with van der Waals surface area (Å²) in [5.41, 5.74) is 0. The van der Waals surface area contributed by atoms with Gasteiger partial charge in [-0.05, 0) is 51.4 Å². The minimum atomic E-state index is -0.532. The number of hydrogen-bond acceptors (Lipinski definition) is 4. The lowest BCUT2D eigenvalue weighted by molar-refractivity contribution is -0.329. The van der Waals surface area contributed by atoms with E-state index >= 15 is 0 Å². The molecule has 0 spiro atoms. The molecular weight excluding hydrogens is 316 g/mol. The third kappa shape index (κ3) is 3.09. The molecule has 4 heteroatoms. The van der Waals surface area contributed by atoms with Gasteiger partial charge in [-0.1, -0.05) is 25.0 Å². The van der Waals surface area contributed by atoms with Gasteiger partial charge >= 0.3 is 0 Å². The van der Waals surface area contributed by atoms with E-state index in [0.717, 1.165) is 19.4 Å². The second kappa shape index (κ2) is 8.08. The first-order valence-electron chi connectivity index (χ1n) is 10.2. The maximum atomic E-state index is 6.22. The van der Waals surface area contributed by atoms with Crippen LogP contribution in [0, 0.1) is 23.7 Å². The molecule has 2 saturated carbocycles. The molecule has 0 unspecified atom stereocenters. The van der Waals surface area contributed by atoms with Gasteiger partial charge in [0, 0.05) is 33.2 Å². The molecule has 0 aromatic rings. The summed E-state index contributed by atoms with van der Waals surface area (Å²) in [5, 5.41) is 0. The van der Waals surface area contributed by atoms with E-state index in [-0.39, 0.29) is 5.92 Å². The predicted octanol–water partition coefficient (Wildman–Crippen LogP) is 4.54. The monoisotopic (exact) mass is 352 g/mol. The van der Waals surface area contributed by atoms with E-state index in [1.165, 1.54) is 32.1 Å². The van der Waals surface area contributed by atoms with E-state index in [1.807, 2.05) is 0 Å². The number of allylic oxidation sites excluding steroid dienone is 2. The first-order chi connectivity index (χ1) is 12.2. The van der Waals surface area contributed by atoms with Gasteiger partial charge in [0.1, 0.15) is 0 Å². The summed E-state index contributed by atoms with van der Waals surface area (Å²) in [6, 6.07) is 0. The minimum Gasteiger partial charge on any atom is -0.352 e. The third-order valence-corrected chi connectivity index (χ3v) is 6.89. The molecule has 25 heavy (non-hydrogen) atoms. The Kier molecular flexibility index (Phi) is 6.25. The molecular formula is C21H36O4. The maximum absolute atomic E-state index is 6.22. The molecule has 5 atom stereocenters. The fourth-order valence-corrected chi connectivity index (χ4v) is 6.11. The molecule has 1 saturated heterocycles. The number of fused-ring (bicyclic) bond motifs is 1. The molecule has 3 aliphatic rings. The van der Waals surface area contributed by atoms with Gasteiger partial charge in [0.15, 0.2) is 11.6 Å². The molecule has 0 radical (unpaired) electrons. The van der Waals surface area contributed by atoms with Crippen molar-refractivity contribution in [1.29, 1.82) is 0 Å². The summed E-state index contributed by atoms with van der Waals surface area (Å²) in [6.45, 7) is 5.63. The first kappa shape index (κ1) is 19.3. The van der Waals surface area contributed by atoms with Gasteiger partial charge in [-0.2, -0.15) is 0 Å². The fourth-order valence-electron chi connectivity index (χ4n) is 6.11. The average Bonchev–Trinajstić information content (AvgIpc) is 3.05. The van der Waals surface area contributed by atoms with Gasteiger partial charge < -0.3 is 18.9 Å². The zero-order valence-corrected chi connectivity index (χ0v) is 16.5. The summed E-state index contributed by atoms with van der Waals surface area (Å²) in [7, 11) is 3.59. The molecule has 3 rings (SSSR count). The van der Waals surface area contributed by atoms with Crippen LogP contribution < -0.4 is 0 Å². The van der Waals surface area contributed by atoms with Crippen molar-refractivity contribution in [2.24, 2.45) is 23.7 Å². The van der Waals surface area contributed by atoms with Crippen molar-refractivity contribution >= 4 is 0 Å². The van der Waals surface area contributed by atoms with Gasteiger partial charge in [-0.25, -0.2) is 0 Å². The minimum absolute atomic E-state index is 0.196. The second-order valence-corrected chi connectivity index (χ2v) is 7.83. The highest BCUT2D eigenvalue weighted by Gasteiger charge is 2.76. The quantitative estimate of drug-likeness (QED) is 0.329. The Morgan fingerprint density at radius 1 is 1.16 bits per heavy atom. The summed E-state index contributed by atoms with van der Waals surface area (Å²) in [6.07, 6.45) is 12.8. The molecule has 144 valence electrons. The lowest BCUT2D eigenvalue weighted by atomic mass is 9.71. The van der Waals surface area contributed by atoms with E-state index in [0.29, 0.717) is 24.4 Å². The predicted molar refractivity (Wildman–Crippen MR) is 98.2 cm³/mol. The van der Waals surface area contributed by atoms with Crippen LogP contribution in [-0.4, -0.2) is 39.0 Å². The summed E-state index contributed by atoms with van der Waals surface area (Å²) in [4.78, 5) is 0. The van der Waals surface area contributed by atoms with Crippen LogP contribution in [0.3, 0.4) is 0 Å².